The lowest BCUT2D eigenvalue weighted by molar-refractivity contribution is 0.219. The molecule has 0 aliphatic heterocycles. The quantitative estimate of drug-likeness (QED) is 0.745. The number of halogens is 1. The topological polar surface area (TPSA) is 12.0 Å². The fourth-order valence-electron chi connectivity index (χ4n) is 3.41. The predicted octanol–water partition coefficient (Wildman–Crippen LogP) is 5.60. The van der Waals surface area contributed by atoms with Crippen LogP contribution in [0.1, 0.15) is 64.5 Å². The molecule has 1 aliphatic rings. The van der Waals surface area contributed by atoms with Crippen molar-refractivity contribution in [2.24, 2.45) is 11.8 Å². The van der Waals surface area contributed by atoms with Crippen LogP contribution in [-0.2, 0) is 0 Å². The van der Waals surface area contributed by atoms with E-state index in [0.717, 1.165) is 23.3 Å². The second-order valence-electron chi connectivity index (χ2n) is 6.55. The Morgan fingerprint density at radius 2 is 1.90 bits per heavy atom. The zero-order valence-corrected chi connectivity index (χ0v) is 13.8. The summed E-state index contributed by atoms with van der Waals surface area (Å²) >= 11 is 5.98. The molecule has 112 valence electrons. The molecule has 1 aliphatic carbocycles. The Morgan fingerprint density at radius 3 is 2.50 bits per heavy atom. The zero-order valence-electron chi connectivity index (χ0n) is 13.0. The number of hydrogen-bond acceptors (Lipinski definition) is 1. The average molecular weight is 294 g/mol. The first kappa shape index (κ1) is 15.9. The monoisotopic (exact) mass is 293 g/mol. The average Bonchev–Trinajstić information content (AvgIpc) is 2.46. The van der Waals surface area contributed by atoms with E-state index in [1.807, 2.05) is 12.1 Å². The molecule has 1 N–H and O–H groups in total. The summed E-state index contributed by atoms with van der Waals surface area (Å²) in [6.07, 6.45) is 6.57. The molecule has 0 radical (unpaired) electrons. The predicted molar refractivity (Wildman–Crippen MR) is 88.2 cm³/mol. The fraction of sp³-hybridized carbons (Fsp3) is 0.667. The van der Waals surface area contributed by atoms with Gasteiger partial charge in [0.05, 0.1) is 0 Å². The summed E-state index contributed by atoms with van der Waals surface area (Å²) in [6.45, 7) is 6.99. The van der Waals surface area contributed by atoms with Gasteiger partial charge in [-0.3, -0.25) is 0 Å². The van der Waals surface area contributed by atoms with E-state index >= 15 is 0 Å². The molecule has 0 spiro atoms. The molecule has 1 fully saturated rings. The molecule has 1 saturated carbocycles. The van der Waals surface area contributed by atoms with Crippen LogP contribution in [0.5, 0.6) is 0 Å². The van der Waals surface area contributed by atoms with E-state index in [9.17, 15) is 0 Å². The summed E-state index contributed by atoms with van der Waals surface area (Å²) in [6, 6.07) is 9.45. The second-order valence-corrected chi connectivity index (χ2v) is 6.98. The van der Waals surface area contributed by atoms with Crippen LogP contribution in [0.3, 0.4) is 0 Å². The standard InChI is InChI=1S/C18H28ClN/c1-4-18(14-8-10-16(19)11-9-14)20-17-7-5-6-15(12-17)13(2)3/h8-11,13,15,17-18,20H,4-7,12H2,1-3H3. The molecule has 20 heavy (non-hydrogen) atoms. The first-order chi connectivity index (χ1) is 9.60. The molecule has 3 atom stereocenters. The van der Waals surface area contributed by atoms with Gasteiger partial charge in [-0.15, -0.1) is 0 Å². The Morgan fingerprint density at radius 1 is 1.20 bits per heavy atom. The molecule has 0 heterocycles. The number of benzene rings is 1. The largest absolute Gasteiger partial charge is 0.307 e. The summed E-state index contributed by atoms with van der Waals surface area (Å²) < 4.78 is 0. The maximum absolute atomic E-state index is 5.98. The molecule has 2 heteroatoms. The highest BCUT2D eigenvalue weighted by Crippen LogP contribution is 2.31. The van der Waals surface area contributed by atoms with Gasteiger partial charge < -0.3 is 5.32 Å². The van der Waals surface area contributed by atoms with Crippen molar-refractivity contribution in [3.8, 4) is 0 Å². The number of hydrogen-bond donors (Lipinski definition) is 1. The van der Waals surface area contributed by atoms with Crippen LogP contribution in [0.2, 0.25) is 5.02 Å². The van der Waals surface area contributed by atoms with E-state index in [4.69, 9.17) is 11.6 Å². The lowest BCUT2D eigenvalue weighted by Crippen LogP contribution is -2.37. The minimum absolute atomic E-state index is 0.461. The van der Waals surface area contributed by atoms with Gasteiger partial charge >= 0.3 is 0 Å². The van der Waals surface area contributed by atoms with Crippen LogP contribution in [0, 0.1) is 11.8 Å². The van der Waals surface area contributed by atoms with Crippen molar-refractivity contribution in [2.45, 2.75) is 65.0 Å². The maximum atomic E-state index is 5.98. The highest BCUT2D eigenvalue weighted by Gasteiger charge is 2.25. The van der Waals surface area contributed by atoms with Crippen molar-refractivity contribution in [1.29, 1.82) is 0 Å². The van der Waals surface area contributed by atoms with E-state index in [1.54, 1.807) is 0 Å². The highest BCUT2D eigenvalue weighted by atomic mass is 35.5. The molecule has 0 amide bonds. The smallest absolute Gasteiger partial charge is 0.0406 e. The molecule has 0 aromatic heterocycles. The Hall–Kier alpha value is -0.530. The van der Waals surface area contributed by atoms with Crippen LogP contribution < -0.4 is 5.32 Å². The molecule has 2 rings (SSSR count). The Balaban J connectivity index is 1.97. The van der Waals surface area contributed by atoms with E-state index < -0.39 is 0 Å². The number of nitrogens with one attached hydrogen (secondary N) is 1. The maximum Gasteiger partial charge on any atom is 0.0406 e. The lowest BCUT2D eigenvalue weighted by atomic mass is 9.79. The highest BCUT2D eigenvalue weighted by molar-refractivity contribution is 6.30. The zero-order chi connectivity index (χ0) is 14.5. The van der Waals surface area contributed by atoms with Crippen molar-refractivity contribution < 1.29 is 0 Å². The van der Waals surface area contributed by atoms with Gasteiger partial charge in [0.25, 0.3) is 0 Å². The molecular formula is C18H28ClN. The molecule has 3 unspecified atom stereocenters. The first-order valence-corrected chi connectivity index (χ1v) is 8.49. The summed E-state index contributed by atoms with van der Waals surface area (Å²) in [7, 11) is 0. The van der Waals surface area contributed by atoms with Crippen molar-refractivity contribution in [3.05, 3.63) is 34.9 Å². The lowest BCUT2D eigenvalue weighted by Gasteiger charge is -2.34. The van der Waals surface area contributed by atoms with E-state index in [0.29, 0.717) is 12.1 Å². The van der Waals surface area contributed by atoms with Crippen LogP contribution >= 0.6 is 11.6 Å². The van der Waals surface area contributed by atoms with Crippen LogP contribution in [0.25, 0.3) is 0 Å². The summed E-state index contributed by atoms with van der Waals surface area (Å²) in [5.41, 5.74) is 1.36. The van der Waals surface area contributed by atoms with Crippen molar-refractivity contribution in [2.75, 3.05) is 0 Å². The van der Waals surface area contributed by atoms with Crippen molar-refractivity contribution >= 4 is 11.6 Å². The van der Waals surface area contributed by atoms with Crippen LogP contribution in [0.15, 0.2) is 24.3 Å². The molecule has 0 bridgehead atoms. The van der Waals surface area contributed by atoms with E-state index in [1.165, 1.54) is 31.2 Å². The molecular weight excluding hydrogens is 266 g/mol. The van der Waals surface area contributed by atoms with Gasteiger partial charge in [0.2, 0.25) is 0 Å². The van der Waals surface area contributed by atoms with Gasteiger partial charge in [0, 0.05) is 17.1 Å². The van der Waals surface area contributed by atoms with Gasteiger partial charge in [-0.25, -0.2) is 0 Å². The van der Waals surface area contributed by atoms with Crippen LogP contribution in [0.4, 0.5) is 0 Å². The minimum Gasteiger partial charge on any atom is -0.307 e. The van der Waals surface area contributed by atoms with Gasteiger partial charge in [-0.05, 0) is 48.8 Å². The fourth-order valence-corrected chi connectivity index (χ4v) is 3.54. The first-order valence-electron chi connectivity index (χ1n) is 8.11. The summed E-state index contributed by atoms with van der Waals surface area (Å²) in [4.78, 5) is 0. The van der Waals surface area contributed by atoms with Gasteiger partial charge in [-0.1, -0.05) is 57.3 Å². The van der Waals surface area contributed by atoms with Crippen LogP contribution in [-0.4, -0.2) is 6.04 Å². The minimum atomic E-state index is 0.461. The van der Waals surface area contributed by atoms with E-state index in [2.05, 4.69) is 38.2 Å². The second kappa shape index (κ2) is 7.47. The third-order valence-corrected chi connectivity index (χ3v) is 5.03. The van der Waals surface area contributed by atoms with Gasteiger partial charge in [-0.2, -0.15) is 0 Å². The van der Waals surface area contributed by atoms with Gasteiger partial charge in [0.1, 0.15) is 0 Å². The Labute approximate surface area is 129 Å². The third kappa shape index (κ3) is 4.23. The molecule has 0 saturated heterocycles. The Kier molecular flexibility index (Phi) is 5.92. The molecule has 1 nitrogen and oxygen atoms in total. The Bertz CT molecular complexity index is 398. The summed E-state index contributed by atoms with van der Waals surface area (Å²) in [5.74, 6) is 1.71. The normalized spacial score (nSPS) is 24.9. The molecule has 1 aromatic carbocycles. The summed E-state index contributed by atoms with van der Waals surface area (Å²) in [5, 5.41) is 4.70. The number of rotatable bonds is 5. The van der Waals surface area contributed by atoms with Gasteiger partial charge in [0.15, 0.2) is 0 Å². The van der Waals surface area contributed by atoms with Crippen molar-refractivity contribution in [3.63, 3.8) is 0 Å². The third-order valence-electron chi connectivity index (χ3n) is 4.78. The van der Waals surface area contributed by atoms with Crippen molar-refractivity contribution in [1.82, 2.24) is 5.32 Å². The SMILES string of the molecule is CCC(NC1CCCC(C(C)C)C1)c1ccc(Cl)cc1. The molecule has 1 aromatic rings. The van der Waals surface area contributed by atoms with E-state index in [-0.39, 0.29) is 0 Å².